The van der Waals surface area contributed by atoms with Gasteiger partial charge in [-0.05, 0) is 37.6 Å². The summed E-state index contributed by atoms with van der Waals surface area (Å²) < 4.78 is 1.47. The molecule has 2 aromatic heterocycles. The highest BCUT2D eigenvalue weighted by Gasteiger charge is 2.53. The minimum absolute atomic E-state index is 0.0822. The number of carbonyl (C=O) groups excluding carboxylic acids is 3. The van der Waals surface area contributed by atoms with Crippen molar-refractivity contribution in [2.45, 2.75) is 25.4 Å². The number of aromatic nitrogens is 4. The second kappa shape index (κ2) is 7.87. The van der Waals surface area contributed by atoms with Gasteiger partial charge in [0.15, 0.2) is 5.65 Å². The Bertz CT molecular complexity index is 1620. The molecule has 11 heteroatoms. The summed E-state index contributed by atoms with van der Waals surface area (Å²) in [4.78, 5) is 61.4. The van der Waals surface area contributed by atoms with Crippen LogP contribution in [0.5, 0.6) is 0 Å². The predicted molar refractivity (Wildman–Crippen MR) is 131 cm³/mol. The first-order valence-electron chi connectivity index (χ1n) is 11.4. The van der Waals surface area contributed by atoms with Crippen molar-refractivity contribution in [2.24, 2.45) is 0 Å². The van der Waals surface area contributed by atoms with Crippen molar-refractivity contribution in [1.29, 1.82) is 0 Å². The fraction of sp³-hybridized carbons (Fsp3) is 0.200. The number of amides is 3. The van der Waals surface area contributed by atoms with Gasteiger partial charge in [-0.2, -0.15) is 5.10 Å². The number of benzene rings is 2. The van der Waals surface area contributed by atoms with Crippen molar-refractivity contribution in [3.8, 4) is 5.69 Å². The number of aromatic amines is 1. The van der Waals surface area contributed by atoms with Crippen LogP contribution in [0.3, 0.4) is 0 Å². The first-order valence-corrected chi connectivity index (χ1v) is 11.4. The first kappa shape index (κ1) is 21.7. The van der Waals surface area contributed by atoms with Gasteiger partial charge in [-0.3, -0.25) is 24.1 Å². The van der Waals surface area contributed by atoms with Crippen LogP contribution in [0.25, 0.3) is 16.7 Å². The molecule has 2 N–H and O–H groups in total. The quantitative estimate of drug-likeness (QED) is 0.456. The van der Waals surface area contributed by atoms with Gasteiger partial charge in [0.25, 0.3) is 11.5 Å². The molecule has 1 unspecified atom stereocenters. The molecule has 36 heavy (non-hydrogen) atoms. The fourth-order valence-corrected chi connectivity index (χ4v) is 5.07. The highest BCUT2D eigenvalue weighted by atomic mass is 16.2. The molecule has 180 valence electrons. The number of para-hydroxylation sites is 3. The Kier molecular flexibility index (Phi) is 4.75. The second-order valence-electron chi connectivity index (χ2n) is 8.95. The van der Waals surface area contributed by atoms with Gasteiger partial charge in [-0.15, -0.1) is 0 Å². The number of rotatable bonds is 4. The Balaban J connectivity index is 1.33. The minimum Gasteiger partial charge on any atom is -0.323 e. The molecular formula is C25H21N7O4. The number of hydrogen-bond donors (Lipinski definition) is 2. The SMILES string of the molecule is CC12CCC(=O)N1c1ccccc1C(=O)N2CC(=O)Nc1ccccc1-n1ncc2c(=O)[nH]cnc21. The standard InChI is InChI=1S/C25H21N7O4/c1-25-11-10-21(34)31(25)18-8-4-2-6-15(18)24(36)30(25)13-20(33)29-17-7-3-5-9-19(17)32-22-16(12-28-32)23(35)27-14-26-22/h2-9,12,14H,10-11,13H2,1H3,(H,29,33)(H,26,27,35). The Morgan fingerprint density at radius 2 is 1.83 bits per heavy atom. The zero-order valence-electron chi connectivity index (χ0n) is 19.3. The fourth-order valence-electron chi connectivity index (χ4n) is 5.07. The Morgan fingerprint density at radius 1 is 1.08 bits per heavy atom. The summed E-state index contributed by atoms with van der Waals surface area (Å²) in [7, 11) is 0. The summed E-state index contributed by atoms with van der Waals surface area (Å²) in [6.07, 6.45) is 3.42. The van der Waals surface area contributed by atoms with Gasteiger partial charge in [0, 0.05) is 6.42 Å². The lowest BCUT2D eigenvalue weighted by Crippen LogP contribution is -2.63. The van der Waals surface area contributed by atoms with Crippen LogP contribution in [0.2, 0.25) is 0 Å². The lowest BCUT2D eigenvalue weighted by Gasteiger charge is -2.48. The van der Waals surface area contributed by atoms with E-state index >= 15 is 0 Å². The monoisotopic (exact) mass is 483 g/mol. The summed E-state index contributed by atoms with van der Waals surface area (Å²) in [6, 6.07) is 13.9. The number of fused-ring (bicyclic) bond motifs is 4. The molecule has 1 saturated heterocycles. The maximum atomic E-state index is 13.4. The summed E-state index contributed by atoms with van der Waals surface area (Å²) in [5.41, 5.74) is 0.988. The molecular weight excluding hydrogens is 462 g/mol. The van der Waals surface area contributed by atoms with Crippen molar-refractivity contribution in [1.82, 2.24) is 24.6 Å². The second-order valence-corrected chi connectivity index (χ2v) is 8.95. The van der Waals surface area contributed by atoms with Gasteiger partial charge in [0.1, 0.15) is 17.6 Å². The van der Waals surface area contributed by atoms with Gasteiger partial charge in [-0.25, -0.2) is 9.67 Å². The number of nitrogens with zero attached hydrogens (tertiary/aromatic N) is 5. The van der Waals surface area contributed by atoms with E-state index in [9.17, 15) is 19.2 Å². The molecule has 4 aromatic rings. The number of anilines is 2. The Labute approximate surface area is 204 Å². The molecule has 0 aliphatic carbocycles. The van der Waals surface area contributed by atoms with Crippen molar-refractivity contribution in [3.05, 3.63) is 77.0 Å². The van der Waals surface area contributed by atoms with Crippen LogP contribution >= 0.6 is 0 Å². The third-order valence-corrected chi connectivity index (χ3v) is 6.82. The van der Waals surface area contributed by atoms with E-state index < -0.39 is 11.6 Å². The molecule has 2 aliphatic rings. The van der Waals surface area contributed by atoms with Crippen molar-refractivity contribution in [2.75, 3.05) is 16.8 Å². The molecule has 2 aromatic carbocycles. The van der Waals surface area contributed by atoms with E-state index in [2.05, 4.69) is 20.4 Å². The van der Waals surface area contributed by atoms with E-state index in [1.165, 1.54) is 22.1 Å². The predicted octanol–water partition coefficient (Wildman–Crippen LogP) is 2.05. The van der Waals surface area contributed by atoms with E-state index in [1.807, 2.05) is 6.92 Å². The summed E-state index contributed by atoms with van der Waals surface area (Å²) >= 11 is 0. The first-order chi connectivity index (χ1) is 17.4. The molecule has 1 fully saturated rings. The molecule has 4 heterocycles. The molecule has 1 atom stereocenters. The molecule has 0 saturated carbocycles. The third kappa shape index (κ3) is 3.13. The van der Waals surface area contributed by atoms with Crippen LogP contribution in [0.1, 0.15) is 30.1 Å². The number of hydrogen-bond acceptors (Lipinski definition) is 6. The number of carbonyl (C=O) groups is 3. The molecule has 0 spiro atoms. The van der Waals surface area contributed by atoms with E-state index in [4.69, 9.17) is 0 Å². The number of nitrogens with one attached hydrogen (secondary N) is 2. The van der Waals surface area contributed by atoms with Crippen LogP contribution in [0.4, 0.5) is 11.4 Å². The molecule has 3 amide bonds. The molecule has 2 aliphatic heterocycles. The van der Waals surface area contributed by atoms with Gasteiger partial charge >= 0.3 is 0 Å². The zero-order chi connectivity index (χ0) is 25.0. The summed E-state index contributed by atoms with van der Waals surface area (Å²) in [6.45, 7) is 1.56. The van der Waals surface area contributed by atoms with Crippen molar-refractivity contribution < 1.29 is 14.4 Å². The molecule has 0 radical (unpaired) electrons. The number of H-pyrrole nitrogens is 1. The van der Waals surface area contributed by atoms with E-state index in [-0.39, 0.29) is 30.3 Å². The maximum absolute atomic E-state index is 13.4. The Hall–Kier alpha value is -4.80. The highest BCUT2D eigenvalue weighted by Crippen LogP contribution is 2.43. The smallest absolute Gasteiger partial charge is 0.261 e. The van der Waals surface area contributed by atoms with E-state index in [0.29, 0.717) is 40.1 Å². The van der Waals surface area contributed by atoms with Crippen molar-refractivity contribution >= 4 is 40.1 Å². The van der Waals surface area contributed by atoms with Gasteiger partial charge in [0.2, 0.25) is 11.8 Å². The molecule has 6 rings (SSSR count). The minimum atomic E-state index is -0.942. The van der Waals surface area contributed by atoms with Gasteiger partial charge in [-0.1, -0.05) is 24.3 Å². The average Bonchev–Trinajstić information content (AvgIpc) is 3.44. The zero-order valence-corrected chi connectivity index (χ0v) is 19.3. The molecule has 0 bridgehead atoms. The van der Waals surface area contributed by atoms with Crippen LogP contribution in [0, 0.1) is 0 Å². The van der Waals surface area contributed by atoms with Gasteiger partial charge in [0.05, 0.1) is 35.1 Å². The lowest BCUT2D eigenvalue weighted by molar-refractivity contribution is -0.120. The van der Waals surface area contributed by atoms with Crippen molar-refractivity contribution in [3.63, 3.8) is 0 Å². The highest BCUT2D eigenvalue weighted by molar-refractivity contribution is 6.11. The van der Waals surface area contributed by atoms with Crippen LogP contribution < -0.4 is 15.8 Å². The summed E-state index contributed by atoms with van der Waals surface area (Å²) in [5.74, 6) is -0.816. The van der Waals surface area contributed by atoms with Gasteiger partial charge < -0.3 is 15.2 Å². The van der Waals surface area contributed by atoms with Crippen LogP contribution in [-0.4, -0.2) is 54.6 Å². The summed E-state index contributed by atoms with van der Waals surface area (Å²) in [5, 5.41) is 7.47. The normalized spacial score (nSPS) is 18.9. The molecule has 11 nitrogen and oxygen atoms in total. The van der Waals surface area contributed by atoms with Crippen LogP contribution in [-0.2, 0) is 9.59 Å². The topological polar surface area (TPSA) is 133 Å². The van der Waals surface area contributed by atoms with E-state index in [1.54, 1.807) is 53.4 Å². The van der Waals surface area contributed by atoms with E-state index in [0.717, 1.165) is 0 Å². The third-order valence-electron chi connectivity index (χ3n) is 6.82. The maximum Gasteiger partial charge on any atom is 0.261 e. The lowest BCUT2D eigenvalue weighted by atomic mass is 9.98. The van der Waals surface area contributed by atoms with Crippen LogP contribution in [0.15, 0.2) is 65.8 Å². The largest absolute Gasteiger partial charge is 0.323 e. The Morgan fingerprint density at radius 3 is 2.67 bits per heavy atom. The average molecular weight is 483 g/mol.